The fourth-order valence-electron chi connectivity index (χ4n) is 2.07. The maximum absolute atomic E-state index is 13.2. The largest absolute Gasteiger partial charge is 0.496 e. The van der Waals surface area contributed by atoms with Gasteiger partial charge in [-0.1, -0.05) is 0 Å². The van der Waals surface area contributed by atoms with E-state index in [9.17, 15) is 13.6 Å². The predicted octanol–water partition coefficient (Wildman–Crippen LogP) is 3.76. The van der Waals surface area contributed by atoms with Crippen molar-refractivity contribution in [3.63, 3.8) is 0 Å². The smallest absolute Gasteiger partial charge is 0.255 e. The molecule has 0 aliphatic carbocycles. The first-order valence-corrected chi connectivity index (χ1v) is 7.05. The van der Waals surface area contributed by atoms with Crippen LogP contribution in [0.2, 0.25) is 0 Å². The molecular formula is C17H17F2NO3. The molecule has 2 rings (SSSR count). The van der Waals surface area contributed by atoms with Crippen LogP contribution in [0.25, 0.3) is 0 Å². The maximum atomic E-state index is 13.2. The van der Waals surface area contributed by atoms with Crippen LogP contribution < -0.4 is 10.1 Å². The molecule has 0 aromatic heterocycles. The molecule has 0 saturated heterocycles. The monoisotopic (exact) mass is 321 g/mol. The second kappa shape index (κ2) is 7.69. The van der Waals surface area contributed by atoms with E-state index in [1.54, 1.807) is 18.2 Å². The minimum absolute atomic E-state index is 0.0506. The van der Waals surface area contributed by atoms with Gasteiger partial charge in [-0.25, -0.2) is 8.78 Å². The molecule has 0 atom stereocenters. The first-order valence-electron chi connectivity index (χ1n) is 7.05. The molecule has 2 aromatic rings. The number of hydrogen-bond acceptors (Lipinski definition) is 3. The summed E-state index contributed by atoms with van der Waals surface area (Å²) in [5.41, 5.74) is 1.10. The summed E-state index contributed by atoms with van der Waals surface area (Å²) in [6, 6.07) is 7.68. The summed E-state index contributed by atoms with van der Waals surface area (Å²) >= 11 is 0. The lowest BCUT2D eigenvalue weighted by Gasteiger charge is -2.11. The van der Waals surface area contributed by atoms with Crippen molar-refractivity contribution < 1.29 is 23.0 Å². The van der Waals surface area contributed by atoms with E-state index in [0.717, 1.165) is 18.2 Å². The van der Waals surface area contributed by atoms with Crippen molar-refractivity contribution in [2.75, 3.05) is 19.0 Å². The van der Waals surface area contributed by atoms with Gasteiger partial charge in [-0.05, 0) is 37.3 Å². The first-order chi connectivity index (χ1) is 11.0. The molecule has 0 bridgehead atoms. The molecule has 0 fully saturated rings. The Labute approximate surface area is 133 Å². The fraction of sp³-hybridized carbons (Fsp3) is 0.235. The van der Waals surface area contributed by atoms with Gasteiger partial charge in [0.05, 0.1) is 13.7 Å². The van der Waals surface area contributed by atoms with Crippen molar-refractivity contribution in [2.45, 2.75) is 13.5 Å². The van der Waals surface area contributed by atoms with Crippen LogP contribution in [0.3, 0.4) is 0 Å². The molecule has 0 heterocycles. The van der Waals surface area contributed by atoms with Crippen LogP contribution in [0.4, 0.5) is 14.5 Å². The lowest BCUT2D eigenvalue weighted by atomic mass is 10.1. The Morgan fingerprint density at radius 2 is 1.83 bits per heavy atom. The minimum Gasteiger partial charge on any atom is -0.496 e. The third kappa shape index (κ3) is 4.50. The van der Waals surface area contributed by atoms with Crippen molar-refractivity contribution in [1.29, 1.82) is 0 Å². The number of nitrogens with one attached hydrogen (secondary N) is 1. The average Bonchev–Trinajstić information content (AvgIpc) is 2.51. The number of anilines is 1. The summed E-state index contributed by atoms with van der Waals surface area (Å²) in [5.74, 6) is -1.39. The Balaban J connectivity index is 2.21. The number of carbonyl (C=O) groups excluding carboxylic acids is 1. The molecule has 0 saturated carbocycles. The van der Waals surface area contributed by atoms with Crippen molar-refractivity contribution in [3.05, 3.63) is 59.2 Å². The highest BCUT2D eigenvalue weighted by atomic mass is 19.1. The highest BCUT2D eigenvalue weighted by Gasteiger charge is 2.12. The van der Waals surface area contributed by atoms with Gasteiger partial charge in [0, 0.05) is 29.5 Å². The molecule has 0 spiro atoms. The topological polar surface area (TPSA) is 47.6 Å². The van der Waals surface area contributed by atoms with Crippen molar-refractivity contribution in [1.82, 2.24) is 0 Å². The van der Waals surface area contributed by atoms with Crippen LogP contribution in [0.15, 0.2) is 36.4 Å². The molecule has 122 valence electrons. The Bertz CT molecular complexity index is 684. The summed E-state index contributed by atoms with van der Waals surface area (Å²) in [6.07, 6.45) is 0. The Kier molecular flexibility index (Phi) is 5.65. The number of ether oxygens (including phenoxy) is 2. The van der Waals surface area contributed by atoms with Crippen LogP contribution >= 0.6 is 0 Å². The van der Waals surface area contributed by atoms with Crippen LogP contribution in [-0.2, 0) is 11.3 Å². The van der Waals surface area contributed by atoms with Crippen LogP contribution in [0, 0.1) is 11.6 Å². The van der Waals surface area contributed by atoms with Gasteiger partial charge in [-0.15, -0.1) is 0 Å². The summed E-state index contributed by atoms with van der Waals surface area (Å²) in [4.78, 5) is 12.2. The molecule has 0 radical (unpaired) electrons. The van der Waals surface area contributed by atoms with Gasteiger partial charge in [0.15, 0.2) is 0 Å². The molecule has 2 aromatic carbocycles. The van der Waals surface area contributed by atoms with E-state index in [1.165, 1.54) is 7.11 Å². The quantitative estimate of drug-likeness (QED) is 0.881. The third-order valence-electron chi connectivity index (χ3n) is 3.12. The molecule has 4 nitrogen and oxygen atoms in total. The van der Waals surface area contributed by atoms with Gasteiger partial charge in [-0.2, -0.15) is 0 Å². The van der Waals surface area contributed by atoms with Crippen molar-refractivity contribution in [3.8, 4) is 5.75 Å². The summed E-state index contributed by atoms with van der Waals surface area (Å²) in [6.45, 7) is 2.69. The number of methoxy groups -OCH3 is 1. The summed E-state index contributed by atoms with van der Waals surface area (Å²) in [7, 11) is 1.53. The highest BCUT2D eigenvalue weighted by Crippen LogP contribution is 2.22. The molecule has 0 unspecified atom stereocenters. The standard InChI is InChI=1S/C17H17F2NO3/c1-3-23-10-12-6-11(4-5-16(12)22-2)17(21)20-15-8-13(18)7-14(19)9-15/h4-9H,3,10H2,1-2H3,(H,20,21). The van der Waals surface area contributed by atoms with Gasteiger partial charge in [-0.3, -0.25) is 4.79 Å². The van der Waals surface area contributed by atoms with Gasteiger partial charge in [0.25, 0.3) is 5.91 Å². The molecule has 1 amide bonds. The lowest BCUT2D eigenvalue weighted by molar-refractivity contribution is 0.102. The SMILES string of the molecule is CCOCc1cc(C(=O)Nc2cc(F)cc(F)c2)ccc1OC. The van der Waals surface area contributed by atoms with E-state index in [0.29, 0.717) is 30.1 Å². The van der Waals surface area contributed by atoms with Gasteiger partial charge in [0.1, 0.15) is 17.4 Å². The fourth-order valence-corrected chi connectivity index (χ4v) is 2.07. The zero-order valence-corrected chi connectivity index (χ0v) is 12.9. The number of amides is 1. The lowest BCUT2D eigenvalue weighted by Crippen LogP contribution is -2.13. The summed E-state index contributed by atoms with van der Waals surface area (Å²) in [5, 5.41) is 2.46. The predicted molar refractivity (Wildman–Crippen MR) is 82.6 cm³/mol. The van der Waals surface area contributed by atoms with Crippen LogP contribution in [0.5, 0.6) is 5.75 Å². The molecule has 0 aliphatic heterocycles. The van der Waals surface area contributed by atoms with E-state index in [2.05, 4.69) is 5.32 Å². The zero-order valence-electron chi connectivity index (χ0n) is 12.9. The second-order valence-corrected chi connectivity index (χ2v) is 4.78. The number of halogens is 2. The normalized spacial score (nSPS) is 10.4. The van der Waals surface area contributed by atoms with E-state index in [4.69, 9.17) is 9.47 Å². The summed E-state index contributed by atoms with van der Waals surface area (Å²) < 4.78 is 36.9. The Morgan fingerprint density at radius 1 is 1.13 bits per heavy atom. The van der Waals surface area contributed by atoms with Gasteiger partial charge in [0.2, 0.25) is 0 Å². The number of hydrogen-bond donors (Lipinski definition) is 1. The maximum Gasteiger partial charge on any atom is 0.255 e. The van der Waals surface area contributed by atoms with Crippen molar-refractivity contribution >= 4 is 11.6 Å². The molecule has 6 heteroatoms. The number of rotatable bonds is 6. The van der Waals surface area contributed by atoms with Crippen LogP contribution in [0.1, 0.15) is 22.8 Å². The van der Waals surface area contributed by atoms with Crippen LogP contribution in [-0.4, -0.2) is 19.6 Å². The van der Waals surface area contributed by atoms with E-state index < -0.39 is 17.5 Å². The molecule has 1 N–H and O–H groups in total. The average molecular weight is 321 g/mol. The van der Waals surface area contributed by atoms with Crippen molar-refractivity contribution in [2.24, 2.45) is 0 Å². The third-order valence-corrected chi connectivity index (χ3v) is 3.12. The van der Waals surface area contributed by atoms with E-state index in [-0.39, 0.29) is 5.69 Å². The van der Waals surface area contributed by atoms with Gasteiger partial charge < -0.3 is 14.8 Å². The Hall–Kier alpha value is -2.47. The number of benzene rings is 2. The first kappa shape index (κ1) is 16.9. The molecule has 0 aliphatic rings. The van der Waals surface area contributed by atoms with Gasteiger partial charge >= 0.3 is 0 Å². The van der Waals surface area contributed by atoms with E-state index >= 15 is 0 Å². The zero-order chi connectivity index (χ0) is 16.8. The minimum atomic E-state index is -0.757. The molecular weight excluding hydrogens is 304 g/mol. The second-order valence-electron chi connectivity index (χ2n) is 4.78. The number of carbonyl (C=O) groups is 1. The Morgan fingerprint density at radius 3 is 2.43 bits per heavy atom. The molecule has 23 heavy (non-hydrogen) atoms. The van der Waals surface area contributed by atoms with E-state index in [1.807, 2.05) is 6.92 Å². The highest BCUT2D eigenvalue weighted by molar-refractivity contribution is 6.04.